The van der Waals surface area contributed by atoms with Crippen molar-refractivity contribution >= 4 is 5.91 Å². The molecule has 0 bridgehead atoms. The topological polar surface area (TPSA) is 41.1 Å². The molecule has 104 valence electrons. The van der Waals surface area contributed by atoms with Crippen molar-refractivity contribution in [3.63, 3.8) is 0 Å². The van der Waals surface area contributed by atoms with Crippen molar-refractivity contribution in [1.82, 2.24) is 10.6 Å². The van der Waals surface area contributed by atoms with Crippen molar-refractivity contribution in [2.24, 2.45) is 0 Å². The summed E-state index contributed by atoms with van der Waals surface area (Å²) in [5.74, 6) is -0.155. The van der Waals surface area contributed by atoms with Gasteiger partial charge in [0.2, 0.25) is 5.91 Å². The molecule has 3 nitrogen and oxygen atoms in total. The molecule has 1 atom stereocenters. The summed E-state index contributed by atoms with van der Waals surface area (Å²) in [6.07, 6.45) is 2.66. The van der Waals surface area contributed by atoms with E-state index in [2.05, 4.69) is 10.6 Å². The zero-order valence-electron chi connectivity index (χ0n) is 11.6. The number of hydrogen-bond donors (Lipinski definition) is 2. The molecule has 19 heavy (non-hydrogen) atoms. The molecule has 1 aliphatic heterocycles. The van der Waals surface area contributed by atoms with E-state index in [-0.39, 0.29) is 11.7 Å². The Morgan fingerprint density at radius 3 is 2.95 bits per heavy atom. The van der Waals surface area contributed by atoms with Crippen molar-refractivity contribution in [3.8, 4) is 0 Å². The summed E-state index contributed by atoms with van der Waals surface area (Å²) in [4.78, 5) is 12.1. The summed E-state index contributed by atoms with van der Waals surface area (Å²) in [6, 6.07) is 4.77. The normalized spacial score (nSPS) is 22.5. The monoisotopic (exact) mass is 264 g/mol. The maximum Gasteiger partial charge on any atom is 0.240 e. The van der Waals surface area contributed by atoms with Gasteiger partial charge in [-0.1, -0.05) is 6.07 Å². The molecule has 1 unspecified atom stereocenters. The Balaban J connectivity index is 1.85. The maximum absolute atomic E-state index is 13.0. The molecule has 2 N–H and O–H groups in total. The summed E-state index contributed by atoms with van der Waals surface area (Å²) < 4.78 is 13.0. The van der Waals surface area contributed by atoms with E-state index in [0.29, 0.717) is 6.54 Å². The largest absolute Gasteiger partial charge is 0.354 e. The summed E-state index contributed by atoms with van der Waals surface area (Å²) in [7, 11) is 0. The van der Waals surface area contributed by atoms with Crippen LogP contribution in [0.3, 0.4) is 0 Å². The quantitative estimate of drug-likeness (QED) is 0.872. The Morgan fingerprint density at radius 2 is 2.32 bits per heavy atom. The summed E-state index contributed by atoms with van der Waals surface area (Å²) >= 11 is 0. The second-order valence-corrected chi connectivity index (χ2v) is 5.44. The molecule has 4 heteroatoms. The molecule has 0 aliphatic carbocycles. The number of nitrogens with one attached hydrogen (secondary N) is 2. The van der Waals surface area contributed by atoms with Gasteiger partial charge in [0.05, 0.1) is 5.54 Å². The molecule has 0 radical (unpaired) electrons. The Bertz CT molecular complexity index is 467. The van der Waals surface area contributed by atoms with Gasteiger partial charge < -0.3 is 10.6 Å². The van der Waals surface area contributed by atoms with Crippen LogP contribution >= 0.6 is 0 Å². The molecule has 1 aromatic rings. The molecule has 1 heterocycles. The van der Waals surface area contributed by atoms with E-state index in [1.807, 2.05) is 13.8 Å². The molecule has 1 saturated heterocycles. The first-order valence-electron chi connectivity index (χ1n) is 6.80. The van der Waals surface area contributed by atoms with Gasteiger partial charge >= 0.3 is 0 Å². The highest BCUT2D eigenvalue weighted by Crippen LogP contribution is 2.18. The Hall–Kier alpha value is -1.42. The zero-order valence-corrected chi connectivity index (χ0v) is 11.6. The van der Waals surface area contributed by atoms with Crippen LogP contribution in [-0.4, -0.2) is 24.5 Å². The van der Waals surface area contributed by atoms with Gasteiger partial charge in [-0.3, -0.25) is 4.79 Å². The molecule has 0 saturated carbocycles. The number of amides is 1. The van der Waals surface area contributed by atoms with Gasteiger partial charge in [-0.25, -0.2) is 4.39 Å². The average Bonchev–Trinajstić information content (AvgIpc) is 2.80. The van der Waals surface area contributed by atoms with Gasteiger partial charge in [-0.2, -0.15) is 0 Å². The Morgan fingerprint density at radius 1 is 1.53 bits per heavy atom. The fraction of sp³-hybridized carbons (Fsp3) is 0.533. The third-order valence-corrected chi connectivity index (χ3v) is 3.85. The second-order valence-electron chi connectivity index (χ2n) is 5.44. The van der Waals surface area contributed by atoms with Crippen molar-refractivity contribution in [1.29, 1.82) is 0 Å². The van der Waals surface area contributed by atoms with E-state index < -0.39 is 5.54 Å². The number of benzene rings is 1. The van der Waals surface area contributed by atoms with Crippen molar-refractivity contribution < 1.29 is 9.18 Å². The predicted molar refractivity (Wildman–Crippen MR) is 73.5 cm³/mol. The van der Waals surface area contributed by atoms with Crippen LogP contribution < -0.4 is 10.6 Å². The van der Waals surface area contributed by atoms with Crippen LogP contribution in [0.2, 0.25) is 0 Å². The van der Waals surface area contributed by atoms with E-state index in [0.717, 1.165) is 36.9 Å². The van der Waals surface area contributed by atoms with Gasteiger partial charge in [0.25, 0.3) is 0 Å². The van der Waals surface area contributed by atoms with E-state index in [9.17, 15) is 9.18 Å². The van der Waals surface area contributed by atoms with Gasteiger partial charge in [0.15, 0.2) is 0 Å². The van der Waals surface area contributed by atoms with E-state index >= 15 is 0 Å². The van der Waals surface area contributed by atoms with Crippen LogP contribution in [-0.2, 0) is 11.2 Å². The van der Waals surface area contributed by atoms with Crippen LogP contribution in [0.25, 0.3) is 0 Å². The number of halogens is 1. The fourth-order valence-electron chi connectivity index (χ4n) is 2.53. The highest BCUT2D eigenvalue weighted by molar-refractivity contribution is 5.86. The minimum absolute atomic E-state index is 0.0600. The third-order valence-electron chi connectivity index (χ3n) is 3.85. The first kappa shape index (κ1) is 14.0. The highest BCUT2D eigenvalue weighted by atomic mass is 19.1. The third kappa shape index (κ3) is 3.32. The number of carbonyl (C=O) groups is 1. The van der Waals surface area contributed by atoms with Gasteiger partial charge in [-0.15, -0.1) is 0 Å². The van der Waals surface area contributed by atoms with Gasteiger partial charge in [0.1, 0.15) is 5.82 Å². The highest BCUT2D eigenvalue weighted by Gasteiger charge is 2.35. The number of carbonyl (C=O) groups excluding carboxylic acids is 1. The summed E-state index contributed by atoms with van der Waals surface area (Å²) in [5, 5.41) is 6.20. The molecular weight excluding hydrogens is 243 g/mol. The van der Waals surface area contributed by atoms with Crippen molar-refractivity contribution in [2.45, 2.75) is 38.6 Å². The van der Waals surface area contributed by atoms with E-state index in [1.54, 1.807) is 6.07 Å². The molecule has 1 amide bonds. The van der Waals surface area contributed by atoms with Crippen LogP contribution in [0, 0.1) is 12.7 Å². The summed E-state index contributed by atoms with van der Waals surface area (Å²) in [5.41, 5.74) is 1.59. The molecule has 1 aliphatic rings. The predicted octanol–water partition coefficient (Wildman–Crippen LogP) is 1.93. The molecule has 2 rings (SSSR count). The van der Waals surface area contributed by atoms with Crippen LogP contribution in [0.4, 0.5) is 4.39 Å². The van der Waals surface area contributed by atoms with Gasteiger partial charge in [-0.05, 0) is 62.9 Å². The van der Waals surface area contributed by atoms with Crippen molar-refractivity contribution in [3.05, 3.63) is 35.1 Å². The lowest BCUT2D eigenvalue weighted by molar-refractivity contribution is -0.126. The fourth-order valence-corrected chi connectivity index (χ4v) is 2.53. The smallest absolute Gasteiger partial charge is 0.240 e. The lowest BCUT2D eigenvalue weighted by atomic mass is 9.99. The SMILES string of the molecule is Cc1cc(F)ccc1CCNC(=O)C1(C)CCCN1. The molecular formula is C15H21FN2O. The number of rotatable bonds is 4. The molecule has 0 aromatic heterocycles. The maximum atomic E-state index is 13.0. The Labute approximate surface area is 113 Å². The van der Waals surface area contributed by atoms with Crippen LogP contribution in [0.5, 0.6) is 0 Å². The zero-order chi connectivity index (χ0) is 13.9. The van der Waals surface area contributed by atoms with Crippen LogP contribution in [0.15, 0.2) is 18.2 Å². The van der Waals surface area contributed by atoms with E-state index in [1.165, 1.54) is 12.1 Å². The lowest BCUT2D eigenvalue weighted by Gasteiger charge is -2.23. The summed E-state index contributed by atoms with van der Waals surface area (Å²) in [6.45, 7) is 5.32. The molecule has 0 spiro atoms. The first-order chi connectivity index (χ1) is 9.01. The van der Waals surface area contributed by atoms with Crippen molar-refractivity contribution in [2.75, 3.05) is 13.1 Å². The lowest BCUT2D eigenvalue weighted by Crippen LogP contribution is -2.51. The standard InChI is InChI=1S/C15H21FN2O/c1-11-10-13(16)5-4-12(11)6-9-17-14(19)15(2)7-3-8-18-15/h4-5,10,18H,3,6-9H2,1-2H3,(H,17,19). The minimum Gasteiger partial charge on any atom is -0.354 e. The minimum atomic E-state index is -0.419. The second kappa shape index (κ2) is 5.70. The molecule has 1 aromatic carbocycles. The first-order valence-corrected chi connectivity index (χ1v) is 6.80. The number of aryl methyl sites for hydroxylation is 1. The van der Waals surface area contributed by atoms with Gasteiger partial charge in [0, 0.05) is 6.54 Å². The number of hydrogen-bond acceptors (Lipinski definition) is 2. The Kier molecular flexibility index (Phi) is 4.20. The molecule has 1 fully saturated rings. The average molecular weight is 264 g/mol. The van der Waals surface area contributed by atoms with Crippen LogP contribution in [0.1, 0.15) is 30.9 Å². The van der Waals surface area contributed by atoms with E-state index in [4.69, 9.17) is 0 Å².